The normalized spacial score (nSPS) is 10.6. The van der Waals surface area contributed by atoms with E-state index in [1.54, 1.807) is 7.11 Å². The molecular weight excluding hydrogens is 210 g/mol. The lowest BCUT2D eigenvalue weighted by Gasteiger charge is -2.07. The van der Waals surface area contributed by atoms with Crippen LogP contribution in [-0.2, 0) is 0 Å². The molecule has 2 aromatic carbocycles. The Labute approximate surface area is 100 Å². The molecule has 0 unspecified atom stereocenters. The predicted octanol–water partition coefficient (Wildman–Crippen LogP) is 3.64. The number of aromatic nitrogens is 1. The molecule has 0 aliphatic rings. The first-order valence-corrected chi connectivity index (χ1v) is 5.59. The number of fused-ring (bicyclic) bond motifs is 1. The quantitative estimate of drug-likeness (QED) is 0.647. The van der Waals surface area contributed by atoms with Crippen molar-refractivity contribution in [2.45, 2.75) is 0 Å². The van der Waals surface area contributed by atoms with Crippen LogP contribution >= 0.6 is 0 Å². The Morgan fingerprint density at radius 3 is 2.71 bits per heavy atom. The summed E-state index contributed by atoms with van der Waals surface area (Å²) in [6.45, 7) is 0. The van der Waals surface area contributed by atoms with Crippen molar-refractivity contribution in [2.75, 3.05) is 7.11 Å². The van der Waals surface area contributed by atoms with E-state index in [1.165, 1.54) is 10.9 Å². The lowest BCUT2D eigenvalue weighted by atomic mass is 10.2. The summed E-state index contributed by atoms with van der Waals surface area (Å²) in [6, 6.07) is 18.5. The van der Waals surface area contributed by atoms with Gasteiger partial charge >= 0.3 is 0 Å². The van der Waals surface area contributed by atoms with Gasteiger partial charge in [0.15, 0.2) is 0 Å². The van der Waals surface area contributed by atoms with Crippen LogP contribution in [0, 0.1) is 0 Å². The topological polar surface area (TPSA) is 14.2 Å². The minimum atomic E-state index is 0.875. The SMILES string of the molecule is COc1cccc(-n2ccc3ccccc32)c1. The van der Waals surface area contributed by atoms with Crippen molar-refractivity contribution in [3.8, 4) is 11.4 Å². The number of para-hydroxylation sites is 1. The summed E-state index contributed by atoms with van der Waals surface area (Å²) in [4.78, 5) is 0. The Hall–Kier alpha value is -2.22. The highest BCUT2D eigenvalue weighted by Gasteiger charge is 2.02. The number of hydrogen-bond donors (Lipinski definition) is 0. The van der Waals surface area contributed by atoms with E-state index in [1.807, 2.05) is 18.2 Å². The maximum absolute atomic E-state index is 5.25. The van der Waals surface area contributed by atoms with Gasteiger partial charge in [0.1, 0.15) is 5.75 Å². The Morgan fingerprint density at radius 2 is 1.82 bits per heavy atom. The summed E-state index contributed by atoms with van der Waals surface area (Å²) >= 11 is 0. The molecule has 0 aliphatic heterocycles. The highest BCUT2D eigenvalue weighted by atomic mass is 16.5. The molecule has 0 N–H and O–H groups in total. The second-order valence-corrected chi connectivity index (χ2v) is 3.95. The first kappa shape index (κ1) is 9.97. The van der Waals surface area contributed by atoms with Crippen LogP contribution in [0.3, 0.4) is 0 Å². The Balaban J connectivity index is 2.20. The molecule has 0 aliphatic carbocycles. The van der Waals surface area contributed by atoms with Crippen LogP contribution in [0.15, 0.2) is 60.8 Å². The predicted molar refractivity (Wildman–Crippen MR) is 69.8 cm³/mol. The van der Waals surface area contributed by atoms with Crippen molar-refractivity contribution in [1.82, 2.24) is 4.57 Å². The number of nitrogens with zero attached hydrogens (tertiary/aromatic N) is 1. The van der Waals surface area contributed by atoms with E-state index in [4.69, 9.17) is 4.74 Å². The zero-order valence-corrected chi connectivity index (χ0v) is 9.63. The van der Waals surface area contributed by atoms with Crippen LogP contribution in [-0.4, -0.2) is 11.7 Å². The maximum Gasteiger partial charge on any atom is 0.120 e. The number of benzene rings is 2. The third-order valence-electron chi connectivity index (χ3n) is 2.93. The maximum atomic E-state index is 5.25. The van der Waals surface area contributed by atoms with Gasteiger partial charge in [0.2, 0.25) is 0 Å². The largest absolute Gasteiger partial charge is 0.497 e. The van der Waals surface area contributed by atoms with E-state index >= 15 is 0 Å². The molecule has 1 aromatic heterocycles. The monoisotopic (exact) mass is 223 g/mol. The molecule has 0 atom stereocenters. The van der Waals surface area contributed by atoms with E-state index in [2.05, 4.69) is 47.2 Å². The first-order valence-electron chi connectivity index (χ1n) is 5.59. The van der Waals surface area contributed by atoms with Crippen molar-refractivity contribution < 1.29 is 4.74 Å². The number of methoxy groups -OCH3 is 1. The van der Waals surface area contributed by atoms with Crippen molar-refractivity contribution in [3.05, 3.63) is 60.8 Å². The van der Waals surface area contributed by atoms with Crippen molar-refractivity contribution in [1.29, 1.82) is 0 Å². The van der Waals surface area contributed by atoms with Gasteiger partial charge in [-0.1, -0.05) is 24.3 Å². The minimum absolute atomic E-state index is 0.875. The number of rotatable bonds is 2. The standard InChI is InChI=1S/C15H13NO/c1-17-14-7-4-6-13(11-14)16-10-9-12-5-2-3-8-15(12)16/h2-11H,1H3. The highest BCUT2D eigenvalue weighted by molar-refractivity contribution is 5.81. The lowest BCUT2D eigenvalue weighted by Crippen LogP contribution is -1.92. The van der Waals surface area contributed by atoms with E-state index < -0.39 is 0 Å². The lowest BCUT2D eigenvalue weighted by molar-refractivity contribution is 0.414. The van der Waals surface area contributed by atoms with E-state index in [9.17, 15) is 0 Å². The van der Waals surface area contributed by atoms with Crippen molar-refractivity contribution in [3.63, 3.8) is 0 Å². The summed E-state index contributed by atoms with van der Waals surface area (Å²) in [6.07, 6.45) is 2.08. The molecule has 2 heteroatoms. The van der Waals surface area contributed by atoms with Gasteiger partial charge in [0.05, 0.1) is 12.6 Å². The molecule has 1 heterocycles. The van der Waals surface area contributed by atoms with Crippen LogP contribution < -0.4 is 4.74 Å². The molecule has 17 heavy (non-hydrogen) atoms. The zero-order chi connectivity index (χ0) is 11.7. The van der Waals surface area contributed by atoms with Gasteiger partial charge in [0.25, 0.3) is 0 Å². The molecule has 0 bridgehead atoms. The third kappa shape index (κ3) is 1.68. The van der Waals surface area contributed by atoms with Crippen LogP contribution in [0.1, 0.15) is 0 Å². The number of hydrogen-bond acceptors (Lipinski definition) is 1. The molecule has 2 nitrogen and oxygen atoms in total. The molecule has 0 saturated carbocycles. The summed E-state index contributed by atoms with van der Waals surface area (Å²) in [5.41, 5.74) is 2.33. The van der Waals surface area contributed by atoms with Gasteiger partial charge in [0, 0.05) is 18.0 Å². The Bertz CT molecular complexity index is 655. The molecular formula is C15H13NO. The summed E-state index contributed by atoms with van der Waals surface area (Å²) in [5, 5.41) is 1.25. The molecule has 0 saturated heterocycles. The fourth-order valence-corrected chi connectivity index (χ4v) is 2.07. The van der Waals surface area contributed by atoms with Crippen LogP contribution in [0.25, 0.3) is 16.6 Å². The van der Waals surface area contributed by atoms with Crippen LogP contribution in [0.4, 0.5) is 0 Å². The minimum Gasteiger partial charge on any atom is -0.497 e. The third-order valence-corrected chi connectivity index (χ3v) is 2.93. The molecule has 0 spiro atoms. The summed E-state index contributed by atoms with van der Waals surface area (Å²) < 4.78 is 7.42. The van der Waals surface area contributed by atoms with E-state index in [0.717, 1.165) is 11.4 Å². The summed E-state index contributed by atoms with van der Waals surface area (Å²) in [5.74, 6) is 0.875. The second kappa shape index (κ2) is 3.98. The summed E-state index contributed by atoms with van der Waals surface area (Å²) in [7, 11) is 1.69. The highest BCUT2D eigenvalue weighted by Crippen LogP contribution is 2.22. The number of ether oxygens (including phenoxy) is 1. The average Bonchev–Trinajstić information content (AvgIpc) is 2.82. The fraction of sp³-hybridized carbons (Fsp3) is 0.0667. The van der Waals surface area contributed by atoms with Gasteiger partial charge in [-0.25, -0.2) is 0 Å². The smallest absolute Gasteiger partial charge is 0.120 e. The van der Waals surface area contributed by atoms with Gasteiger partial charge < -0.3 is 9.30 Å². The van der Waals surface area contributed by atoms with Crippen LogP contribution in [0.2, 0.25) is 0 Å². The Morgan fingerprint density at radius 1 is 0.941 bits per heavy atom. The van der Waals surface area contributed by atoms with Crippen LogP contribution in [0.5, 0.6) is 5.75 Å². The molecule has 0 amide bonds. The van der Waals surface area contributed by atoms with Crippen molar-refractivity contribution in [2.24, 2.45) is 0 Å². The second-order valence-electron chi connectivity index (χ2n) is 3.95. The molecule has 0 fully saturated rings. The van der Waals surface area contributed by atoms with Gasteiger partial charge in [-0.15, -0.1) is 0 Å². The molecule has 3 aromatic rings. The Kier molecular flexibility index (Phi) is 2.33. The zero-order valence-electron chi connectivity index (χ0n) is 9.63. The van der Waals surface area contributed by atoms with Crippen molar-refractivity contribution >= 4 is 10.9 Å². The molecule has 0 radical (unpaired) electrons. The average molecular weight is 223 g/mol. The van der Waals surface area contributed by atoms with Gasteiger partial charge in [-0.2, -0.15) is 0 Å². The van der Waals surface area contributed by atoms with E-state index in [-0.39, 0.29) is 0 Å². The first-order chi connectivity index (χ1) is 8.38. The van der Waals surface area contributed by atoms with E-state index in [0.29, 0.717) is 0 Å². The van der Waals surface area contributed by atoms with Gasteiger partial charge in [-0.3, -0.25) is 0 Å². The fourth-order valence-electron chi connectivity index (χ4n) is 2.07. The molecule has 3 rings (SSSR count). The van der Waals surface area contributed by atoms with Gasteiger partial charge in [-0.05, 0) is 29.7 Å². The molecule has 84 valence electrons.